The SMILES string of the molecule is COCCOCCCCOCCCCCCCCCCc1cc2c3cc(CCCCCCCCCCOCCCCOCCOC)c(CCCCCCCCCCOCCCCOCCOC)cc3c3cc(CCCCCCCCCCOCCCCOCCOC)c(CCCCCCCCCCOCCCCOCCOC)cc3c2cc1CCCCCCCCCCOCCCCOCCOC. The topological polar surface area (TPSA) is 166 Å². The van der Waals surface area contributed by atoms with Crippen LogP contribution >= 0.6 is 0 Å². The van der Waals surface area contributed by atoms with Gasteiger partial charge in [-0.05, 0) is 258 Å². The molecular weight excluding hydrogens is 1730 g/mol. The minimum atomic E-state index is 0.660. The molecule has 0 atom stereocenters. The molecule has 18 nitrogen and oxygen atoms in total. The molecule has 0 aliphatic rings. The van der Waals surface area contributed by atoms with Crippen molar-refractivity contribution in [2.24, 2.45) is 0 Å². The zero-order valence-electron chi connectivity index (χ0n) is 90.7. The van der Waals surface area contributed by atoms with E-state index >= 15 is 0 Å². The van der Waals surface area contributed by atoms with Gasteiger partial charge in [-0.1, -0.05) is 268 Å². The summed E-state index contributed by atoms with van der Waals surface area (Å²) >= 11 is 0. The lowest BCUT2D eigenvalue weighted by molar-refractivity contribution is 0.0625. The Morgan fingerprint density at radius 1 is 0.101 bits per heavy atom. The first-order valence-corrected chi connectivity index (χ1v) is 57.9. The summed E-state index contributed by atoms with van der Waals surface area (Å²) in [5.74, 6) is 0. The van der Waals surface area contributed by atoms with Crippen molar-refractivity contribution in [3.05, 3.63) is 69.8 Å². The Morgan fingerprint density at radius 3 is 0.297 bits per heavy atom. The molecule has 0 N–H and O–H groups in total. The van der Waals surface area contributed by atoms with Crippen LogP contribution in [-0.2, 0) is 124 Å². The Balaban J connectivity index is 1.69. The average molecular weight is 1950 g/mol. The van der Waals surface area contributed by atoms with E-state index in [1.165, 1.54) is 302 Å². The van der Waals surface area contributed by atoms with Gasteiger partial charge < -0.3 is 85.3 Å². The summed E-state index contributed by atoms with van der Waals surface area (Å²) in [5, 5.41) is 9.09. The number of rotatable bonds is 114. The molecule has 138 heavy (non-hydrogen) atoms. The Kier molecular flexibility index (Phi) is 93.3. The molecule has 0 radical (unpaired) electrons. The van der Waals surface area contributed by atoms with Crippen LogP contribution in [0.1, 0.15) is 419 Å². The summed E-state index contributed by atoms with van der Waals surface area (Å²) in [4.78, 5) is 0. The van der Waals surface area contributed by atoms with Crippen molar-refractivity contribution < 1.29 is 85.3 Å². The van der Waals surface area contributed by atoms with Crippen LogP contribution in [-0.4, -0.2) is 241 Å². The summed E-state index contributed by atoms with van der Waals surface area (Å²) in [6.45, 7) is 23.0. The highest BCUT2D eigenvalue weighted by Crippen LogP contribution is 2.42. The maximum atomic E-state index is 6.04. The van der Waals surface area contributed by atoms with E-state index in [-0.39, 0.29) is 0 Å². The molecule has 4 aromatic rings. The largest absolute Gasteiger partial charge is 0.382 e. The first-order valence-electron chi connectivity index (χ1n) is 57.9. The lowest BCUT2D eigenvalue weighted by atomic mass is 9.84. The average Bonchev–Trinajstić information content (AvgIpc) is 0.724. The minimum Gasteiger partial charge on any atom is -0.382 e. The quantitative estimate of drug-likeness (QED) is 0.0302. The Labute approximate surface area is 847 Å². The fourth-order valence-electron chi connectivity index (χ4n) is 18.8. The van der Waals surface area contributed by atoms with Crippen LogP contribution in [0.4, 0.5) is 0 Å². The van der Waals surface area contributed by atoms with Crippen molar-refractivity contribution in [1.29, 1.82) is 0 Å². The van der Waals surface area contributed by atoms with Crippen LogP contribution in [0.3, 0.4) is 0 Å². The smallest absolute Gasteiger partial charge is 0.0700 e. The van der Waals surface area contributed by atoms with Gasteiger partial charge in [0, 0.05) is 162 Å². The zero-order chi connectivity index (χ0) is 97.8. The fraction of sp³-hybridized carbons (Fsp3) is 0.850. The third-order valence-electron chi connectivity index (χ3n) is 27.4. The molecule has 0 saturated heterocycles. The number of methoxy groups -OCH3 is 6. The number of aryl methyl sites for hydroxylation is 6. The molecule has 18 heteroatoms. The van der Waals surface area contributed by atoms with Gasteiger partial charge in [0.05, 0.1) is 79.3 Å². The molecule has 0 aliphatic carbocycles. The predicted octanol–water partition coefficient (Wildman–Crippen LogP) is 29.9. The zero-order valence-corrected chi connectivity index (χ0v) is 90.7. The molecule has 4 aromatic carbocycles. The number of hydrogen-bond donors (Lipinski definition) is 0. The molecule has 4 rings (SSSR count). The maximum absolute atomic E-state index is 6.04. The number of unbranched alkanes of at least 4 members (excludes halogenated alkanes) is 48. The molecule has 0 spiro atoms. The van der Waals surface area contributed by atoms with Gasteiger partial charge in [-0.3, -0.25) is 0 Å². The van der Waals surface area contributed by atoms with Crippen LogP contribution in [0.25, 0.3) is 32.3 Å². The lowest BCUT2D eigenvalue weighted by Gasteiger charge is -2.21. The third-order valence-corrected chi connectivity index (χ3v) is 27.4. The molecule has 0 amide bonds. The number of ether oxygens (including phenoxy) is 18. The first kappa shape index (κ1) is 127. The molecule has 0 aliphatic heterocycles. The van der Waals surface area contributed by atoms with Gasteiger partial charge in [0.25, 0.3) is 0 Å². The van der Waals surface area contributed by atoms with Crippen molar-refractivity contribution in [2.75, 3.05) is 241 Å². The van der Waals surface area contributed by atoms with E-state index in [0.717, 1.165) is 273 Å². The molecule has 0 bridgehead atoms. The Morgan fingerprint density at radius 2 is 0.188 bits per heavy atom. The fourth-order valence-corrected chi connectivity index (χ4v) is 18.8. The lowest BCUT2D eigenvalue weighted by Crippen LogP contribution is -2.04. The molecule has 0 heterocycles. The van der Waals surface area contributed by atoms with E-state index in [0.29, 0.717) is 79.3 Å². The summed E-state index contributed by atoms with van der Waals surface area (Å²) in [6, 6.07) is 16.8. The van der Waals surface area contributed by atoms with Gasteiger partial charge in [0.15, 0.2) is 0 Å². The monoisotopic (exact) mass is 1950 g/mol. The van der Waals surface area contributed by atoms with Crippen molar-refractivity contribution in [3.63, 3.8) is 0 Å². The van der Waals surface area contributed by atoms with Gasteiger partial charge in [-0.2, -0.15) is 0 Å². The Hall–Kier alpha value is -3.06. The minimum absolute atomic E-state index is 0.660. The van der Waals surface area contributed by atoms with Crippen LogP contribution in [0.15, 0.2) is 36.4 Å². The first-order chi connectivity index (χ1) is 68.6. The molecule has 0 aromatic heterocycles. The molecule has 0 fully saturated rings. The third kappa shape index (κ3) is 73.9. The standard InChI is InChI=1S/C120H216O18/c1-121-91-97-133-85-61-55-79-127-73-49-37-25-13-7-19-31-43-67-109-103-115-116(104-110(109)68-44-32-20-8-14-26-38-50-74-128-80-56-62-86-134-98-92-122-2)118-106-112(70-46-34-22-10-16-28-40-52-76-130-82-58-64-88-136-100-94-124-4)114(72-48-36-24-12-18-30-42-54-78-132-84-60-66-90-138-102-96-126-6)108-120(118)119-107-113(71-47-35-23-11-17-29-41-53-77-131-83-59-65-89-137-101-95-125-5)111(105-117(115)119)69-45-33-21-9-15-27-39-51-75-129-81-57-63-87-135-99-93-123-3/h103-108H,7-102H2,1-6H3. The van der Waals surface area contributed by atoms with Crippen LogP contribution in [0, 0.1) is 0 Å². The van der Waals surface area contributed by atoms with E-state index in [1.54, 1.807) is 76.0 Å². The van der Waals surface area contributed by atoms with Crippen molar-refractivity contribution >= 4 is 32.3 Å². The van der Waals surface area contributed by atoms with Gasteiger partial charge >= 0.3 is 0 Å². The summed E-state index contributed by atoms with van der Waals surface area (Å²) in [6.07, 6.45) is 81.1. The van der Waals surface area contributed by atoms with E-state index < -0.39 is 0 Å². The van der Waals surface area contributed by atoms with Gasteiger partial charge in [0.1, 0.15) is 0 Å². The summed E-state index contributed by atoms with van der Waals surface area (Å²) < 4.78 is 101. The predicted molar refractivity (Wildman–Crippen MR) is 579 cm³/mol. The van der Waals surface area contributed by atoms with Crippen molar-refractivity contribution in [1.82, 2.24) is 0 Å². The molecular formula is C120H216O18. The van der Waals surface area contributed by atoms with Gasteiger partial charge in [-0.25, -0.2) is 0 Å². The summed E-state index contributed by atoms with van der Waals surface area (Å²) in [5.41, 5.74) is 9.76. The highest BCUT2D eigenvalue weighted by molar-refractivity contribution is 6.26. The molecule has 0 unspecified atom stereocenters. The second kappa shape index (κ2) is 101. The number of benzene rings is 4. The van der Waals surface area contributed by atoms with E-state index in [9.17, 15) is 0 Å². The van der Waals surface area contributed by atoms with Crippen LogP contribution in [0.5, 0.6) is 0 Å². The molecule has 804 valence electrons. The highest BCUT2D eigenvalue weighted by atomic mass is 16.5. The van der Waals surface area contributed by atoms with Gasteiger partial charge in [0.2, 0.25) is 0 Å². The van der Waals surface area contributed by atoms with Crippen molar-refractivity contribution in [2.45, 2.75) is 424 Å². The normalized spacial score (nSPS) is 12.0. The maximum Gasteiger partial charge on any atom is 0.0700 e. The van der Waals surface area contributed by atoms with E-state index in [4.69, 9.17) is 85.3 Å². The van der Waals surface area contributed by atoms with E-state index in [1.807, 2.05) is 0 Å². The molecule has 0 saturated carbocycles. The highest BCUT2D eigenvalue weighted by Gasteiger charge is 2.20. The second-order valence-corrected chi connectivity index (χ2v) is 39.5. The van der Waals surface area contributed by atoms with Crippen LogP contribution in [0.2, 0.25) is 0 Å². The van der Waals surface area contributed by atoms with Crippen LogP contribution < -0.4 is 0 Å². The Bertz CT molecular complexity index is 2630. The summed E-state index contributed by atoms with van der Waals surface area (Å²) in [7, 11) is 10.4. The van der Waals surface area contributed by atoms with Gasteiger partial charge in [-0.15, -0.1) is 0 Å². The van der Waals surface area contributed by atoms with Crippen molar-refractivity contribution in [3.8, 4) is 0 Å². The number of fused-ring (bicyclic) bond motifs is 6. The van der Waals surface area contributed by atoms with E-state index in [2.05, 4.69) is 36.4 Å². The second-order valence-electron chi connectivity index (χ2n) is 39.5. The number of hydrogen-bond acceptors (Lipinski definition) is 18.